The highest BCUT2D eigenvalue weighted by molar-refractivity contribution is 6.12. The molecule has 12 aromatic rings. The van der Waals surface area contributed by atoms with Crippen LogP contribution in [0, 0.1) is 13.8 Å². The summed E-state index contributed by atoms with van der Waals surface area (Å²) in [5.74, 6) is 0. The molecule has 0 amide bonds. The van der Waals surface area contributed by atoms with E-state index in [1.807, 2.05) is 18.5 Å². The standard InChI is InChI=1S/C62H45N5/c1-42-43(2)58(36-33-55(42)45-27-25-44(26-28-45)48-38-47-30-29-46-16-15-37-63-61(46)62(47)64-41-48)67-59-34-31-53(65(49-17-7-3-8-18-49)50-19-9-4-10-20-50)39-56(59)57-40-54(32-35-60(57)67)66(51-21-11-5-12-22-51)52-23-13-6-14-24-52/h3-41H,1-2H3. The molecule has 67 heavy (non-hydrogen) atoms. The molecule has 12 rings (SSSR count). The number of benzene rings is 9. The number of anilines is 6. The quantitative estimate of drug-likeness (QED) is 0.136. The molecular weight excluding hydrogens is 815 g/mol. The number of hydrogen-bond acceptors (Lipinski definition) is 4. The Morgan fingerprint density at radius 1 is 0.358 bits per heavy atom. The summed E-state index contributed by atoms with van der Waals surface area (Å²) in [7, 11) is 0. The van der Waals surface area contributed by atoms with Crippen LogP contribution < -0.4 is 9.80 Å². The zero-order valence-electron chi connectivity index (χ0n) is 37.3. The number of para-hydroxylation sites is 4. The predicted octanol–water partition coefficient (Wildman–Crippen LogP) is 16.8. The Bertz CT molecular complexity index is 3530. The molecule has 0 aliphatic carbocycles. The lowest BCUT2D eigenvalue weighted by atomic mass is 9.94. The Morgan fingerprint density at radius 3 is 1.39 bits per heavy atom. The van der Waals surface area contributed by atoms with Gasteiger partial charge >= 0.3 is 0 Å². The molecule has 0 aliphatic rings. The Hall–Kier alpha value is -8.80. The minimum Gasteiger partial charge on any atom is -0.310 e. The van der Waals surface area contributed by atoms with Crippen LogP contribution in [0.3, 0.4) is 0 Å². The van der Waals surface area contributed by atoms with Crippen molar-refractivity contribution in [3.05, 3.63) is 248 Å². The summed E-state index contributed by atoms with van der Waals surface area (Å²) in [4.78, 5) is 14.2. The van der Waals surface area contributed by atoms with Crippen LogP contribution in [0.2, 0.25) is 0 Å². The largest absolute Gasteiger partial charge is 0.310 e. The molecule has 0 saturated carbocycles. The lowest BCUT2D eigenvalue weighted by molar-refractivity contribution is 1.13. The van der Waals surface area contributed by atoms with Crippen molar-refractivity contribution < 1.29 is 0 Å². The van der Waals surface area contributed by atoms with E-state index in [4.69, 9.17) is 4.98 Å². The number of rotatable bonds is 9. The summed E-state index contributed by atoms with van der Waals surface area (Å²) in [5, 5.41) is 4.54. The molecule has 0 aliphatic heterocycles. The van der Waals surface area contributed by atoms with E-state index in [1.165, 1.54) is 33.0 Å². The van der Waals surface area contributed by atoms with Crippen molar-refractivity contribution in [2.24, 2.45) is 0 Å². The van der Waals surface area contributed by atoms with Gasteiger partial charge in [0.05, 0.1) is 22.1 Å². The van der Waals surface area contributed by atoms with E-state index >= 15 is 0 Å². The molecule has 3 heterocycles. The van der Waals surface area contributed by atoms with Crippen LogP contribution >= 0.6 is 0 Å². The van der Waals surface area contributed by atoms with Crippen LogP contribution in [0.1, 0.15) is 11.1 Å². The third-order valence-electron chi connectivity index (χ3n) is 13.3. The number of fused-ring (bicyclic) bond motifs is 6. The van der Waals surface area contributed by atoms with Gasteiger partial charge in [0.2, 0.25) is 0 Å². The topological polar surface area (TPSA) is 37.2 Å². The van der Waals surface area contributed by atoms with Gasteiger partial charge in [-0.05, 0) is 145 Å². The van der Waals surface area contributed by atoms with E-state index in [1.54, 1.807) is 0 Å². The van der Waals surface area contributed by atoms with E-state index in [-0.39, 0.29) is 0 Å². The van der Waals surface area contributed by atoms with E-state index in [9.17, 15) is 0 Å². The van der Waals surface area contributed by atoms with Gasteiger partial charge < -0.3 is 14.4 Å². The van der Waals surface area contributed by atoms with Gasteiger partial charge in [0, 0.05) is 79.3 Å². The lowest BCUT2D eigenvalue weighted by Crippen LogP contribution is -2.09. The van der Waals surface area contributed by atoms with E-state index in [2.05, 4.69) is 252 Å². The molecule has 5 heteroatoms. The van der Waals surface area contributed by atoms with Crippen molar-refractivity contribution in [3.8, 4) is 27.9 Å². The van der Waals surface area contributed by atoms with Gasteiger partial charge in [0.1, 0.15) is 0 Å². The minimum atomic E-state index is 0.927. The van der Waals surface area contributed by atoms with E-state index in [0.717, 1.165) is 83.8 Å². The summed E-state index contributed by atoms with van der Waals surface area (Å²) < 4.78 is 2.46. The van der Waals surface area contributed by atoms with Crippen LogP contribution in [-0.2, 0) is 0 Å². The Balaban J connectivity index is 0.989. The first-order chi connectivity index (χ1) is 33.1. The molecule has 9 aromatic carbocycles. The van der Waals surface area contributed by atoms with Crippen LogP contribution in [-0.4, -0.2) is 14.5 Å². The number of nitrogens with zero attached hydrogens (tertiary/aromatic N) is 5. The molecule has 318 valence electrons. The summed E-state index contributed by atoms with van der Waals surface area (Å²) in [6.07, 6.45) is 3.80. The van der Waals surface area contributed by atoms with Gasteiger partial charge in [-0.3, -0.25) is 9.97 Å². The fraction of sp³-hybridized carbons (Fsp3) is 0.0323. The van der Waals surface area contributed by atoms with Crippen LogP contribution in [0.15, 0.2) is 237 Å². The number of pyridine rings is 2. The Morgan fingerprint density at radius 2 is 0.851 bits per heavy atom. The second-order valence-electron chi connectivity index (χ2n) is 17.1. The molecule has 0 unspecified atom stereocenters. The number of hydrogen-bond donors (Lipinski definition) is 0. The van der Waals surface area contributed by atoms with Gasteiger partial charge in [-0.15, -0.1) is 0 Å². The Kier molecular flexibility index (Phi) is 9.88. The third-order valence-corrected chi connectivity index (χ3v) is 13.3. The van der Waals surface area contributed by atoms with Gasteiger partial charge in [0.25, 0.3) is 0 Å². The summed E-state index contributed by atoms with van der Waals surface area (Å²) in [5.41, 5.74) is 19.0. The van der Waals surface area contributed by atoms with E-state index in [0.29, 0.717) is 0 Å². The Labute approximate surface area is 390 Å². The fourth-order valence-electron chi connectivity index (χ4n) is 9.84. The highest BCUT2D eigenvalue weighted by Gasteiger charge is 2.21. The highest BCUT2D eigenvalue weighted by atomic mass is 15.1. The smallest absolute Gasteiger partial charge is 0.0964 e. The second kappa shape index (κ2) is 16.6. The first-order valence-electron chi connectivity index (χ1n) is 22.8. The second-order valence-corrected chi connectivity index (χ2v) is 17.1. The van der Waals surface area contributed by atoms with Crippen LogP contribution in [0.25, 0.3) is 71.6 Å². The number of aromatic nitrogens is 3. The summed E-state index contributed by atoms with van der Waals surface area (Å²) in [6, 6.07) is 80.5. The summed E-state index contributed by atoms with van der Waals surface area (Å²) in [6.45, 7) is 4.52. The average Bonchev–Trinajstić information content (AvgIpc) is 3.71. The highest BCUT2D eigenvalue weighted by Crippen LogP contribution is 2.44. The van der Waals surface area contributed by atoms with Gasteiger partial charge in [0.15, 0.2) is 0 Å². The zero-order valence-corrected chi connectivity index (χ0v) is 37.3. The lowest BCUT2D eigenvalue weighted by Gasteiger charge is -2.26. The average molecular weight is 860 g/mol. The molecule has 5 nitrogen and oxygen atoms in total. The molecule has 0 radical (unpaired) electrons. The van der Waals surface area contributed by atoms with Crippen molar-refractivity contribution >= 4 is 77.7 Å². The predicted molar refractivity (Wildman–Crippen MR) is 281 cm³/mol. The molecule has 0 spiro atoms. The van der Waals surface area contributed by atoms with Gasteiger partial charge in [-0.1, -0.05) is 121 Å². The van der Waals surface area contributed by atoms with Crippen molar-refractivity contribution in [2.75, 3.05) is 9.80 Å². The third kappa shape index (κ3) is 7.05. The molecule has 3 aromatic heterocycles. The van der Waals surface area contributed by atoms with Crippen molar-refractivity contribution in [1.82, 2.24) is 14.5 Å². The zero-order chi connectivity index (χ0) is 44.8. The van der Waals surface area contributed by atoms with Crippen molar-refractivity contribution in [1.29, 1.82) is 0 Å². The van der Waals surface area contributed by atoms with Gasteiger partial charge in [-0.2, -0.15) is 0 Å². The molecule has 0 N–H and O–H groups in total. The molecule has 0 bridgehead atoms. The van der Waals surface area contributed by atoms with Crippen molar-refractivity contribution in [3.63, 3.8) is 0 Å². The fourth-order valence-corrected chi connectivity index (χ4v) is 9.84. The summed E-state index contributed by atoms with van der Waals surface area (Å²) >= 11 is 0. The van der Waals surface area contributed by atoms with Crippen LogP contribution in [0.4, 0.5) is 34.1 Å². The van der Waals surface area contributed by atoms with E-state index < -0.39 is 0 Å². The first kappa shape index (κ1) is 39.8. The van der Waals surface area contributed by atoms with Crippen LogP contribution in [0.5, 0.6) is 0 Å². The minimum absolute atomic E-state index is 0.927. The normalized spacial score (nSPS) is 11.4. The molecule has 0 atom stereocenters. The maximum atomic E-state index is 4.88. The van der Waals surface area contributed by atoms with Gasteiger partial charge in [-0.25, -0.2) is 0 Å². The SMILES string of the molecule is Cc1c(-c2ccc(-c3cnc4c(ccc5cccnc54)c3)cc2)ccc(-n2c3ccc(N(c4ccccc4)c4ccccc4)cc3c3cc(N(c4ccccc4)c4ccccc4)ccc32)c1C. The molecule has 0 fully saturated rings. The molecule has 0 saturated heterocycles. The molecular formula is C62H45N5. The maximum Gasteiger partial charge on any atom is 0.0964 e. The maximum absolute atomic E-state index is 4.88. The monoisotopic (exact) mass is 859 g/mol. The first-order valence-corrected chi connectivity index (χ1v) is 22.8. The van der Waals surface area contributed by atoms with Crippen molar-refractivity contribution in [2.45, 2.75) is 13.8 Å².